The summed E-state index contributed by atoms with van der Waals surface area (Å²) in [6.07, 6.45) is 2.29. The molecule has 2 aromatic rings. The maximum Gasteiger partial charge on any atom is 0.0469 e. The van der Waals surface area contributed by atoms with Crippen molar-refractivity contribution in [2.45, 2.75) is 25.8 Å². The highest BCUT2D eigenvalue weighted by molar-refractivity contribution is 5.88. The molecule has 0 saturated carbocycles. The van der Waals surface area contributed by atoms with Gasteiger partial charge in [0, 0.05) is 19.3 Å². The normalized spacial score (nSPS) is 18.3. The van der Waals surface area contributed by atoms with Crippen molar-refractivity contribution in [3.05, 3.63) is 47.5 Å². The number of hydrogen-bond acceptors (Lipinski definition) is 2. The second-order valence-electron chi connectivity index (χ2n) is 5.73. The predicted molar refractivity (Wildman–Crippen MR) is 84.0 cm³/mol. The highest BCUT2D eigenvalue weighted by Gasteiger charge is 2.25. The number of aryl methyl sites for hydroxylation is 1. The summed E-state index contributed by atoms with van der Waals surface area (Å²) in [5.74, 6) is 0.667. The molecule has 0 bridgehead atoms. The molecule has 1 aliphatic heterocycles. The van der Waals surface area contributed by atoms with Crippen LogP contribution in [0.3, 0.4) is 0 Å². The second-order valence-corrected chi connectivity index (χ2v) is 5.73. The molecule has 0 aromatic heterocycles. The van der Waals surface area contributed by atoms with Crippen molar-refractivity contribution in [3.63, 3.8) is 0 Å². The summed E-state index contributed by atoms with van der Waals surface area (Å²) in [6, 6.07) is 13.7. The van der Waals surface area contributed by atoms with E-state index >= 15 is 0 Å². The third kappa shape index (κ3) is 2.46. The first-order valence-corrected chi connectivity index (χ1v) is 7.54. The molecule has 106 valence electrons. The van der Waals surface area contributed by atoms with Crippen LogP contribution in [0, 0.1) is 12.8 Å². The van der Waals surface area contributed by atoms with E-state index in [1.54, 1.807) is 0 Å². The monoisotopic (exact) mass is 269 g/mol. The number of benzene rings is 2. The lowest BCUT2D eigenvalue weighted by molar-refractivity contribution is 0.0548. The van der Waals surface area contributed by atoms with E-state index in [0.29, 0.717) is 12.0 Å². The Bertz CT molecular complexity index is 587. The number of nitrogens with one attached hydrogen (secondary N) is 1. The average molecular weight is 269 g/mol. The van der Waals surface area contributed by atoms with Crippen LogP contribution in [0.1, 0.15) is 30.0 Å². The highest BCUT2D eigenvalue weighted by Crippen LogP contribution is 2.34. The molecule has 1 fully saturated rings. The van der Waals surface area contributed by atoms with Crippen molar-refractivity contribution < 1.29 is 4.74 Å². The predicted octanol–water partition coefficient (Wildman–Crippen LogP) is 3.84. The van der Waals surface area contributed by atoms with Crippen molar-refractivity contribution >= 4 is 10.8 Å². The molecule has 1 heterocycles. The van der Waals surface area contributed by atoms with Crippen LogP contribution in [-0.4, -0.2) is 20.3 Å². The fraction of sp³-hybridized carbons (Fsp3) is 0.444. The van der Waals surface area contributed by atoms with Crippen LogP contribution >= 0.6 is 0 Å². The Balaban J connectivity index is 2.05. The van der Waals surface area contributed by atoms with Crippen molar-refractivity contribution in [1.29, 1.82) is 0 Å². The third-order valence-corrected chi connectivity index (χ3v) is 4.56. The Morgan fingerprint density at radius 1 is 1.05 bits per heavy atom. The Morgan fingerprint density at radius 3 is 2.45 bits per heavy atom. The summed E-state index contributed by atoms with van der Waals surface area (Å²) < 4.78 is 5.51. The molecule has 3 rings (SSSR count). The topological polar surface area (TPSA) is 21.3 Å². The van der Waals surface area contributed by atoms with Gasteiger partial charge in [0.25, 0.3) is 0 Å². The van der Waals surface area contributed by atoms with Crippen LogP contribution < -0.4 is 5.32 Å². The largest absolute Gasteiger partial charge is 0.381 e. The molecule has 0 spiro atoms. The van der Waals surface area contributed by atoms with Crippen molar-refractivity contribution in [1.82, 2.24) is 5.32 Å². The average Bonchev–Trinajstić information content (AvgIpc) is 2.52. The van der Waals surface area contributed by atoms with Gasteiger partial charge in [-0.15, -0.1) is 0 Å². The van der Waals surface area contributed by atoms with E-state index < -0.39 is 0 Å². The maximum absolute atomic E-state index is 5.51. The smallest absolute Gasteiger partial charge is 0.0469 e. The molecular weight excluding hydrogens is 246 g/mol. The van der Waals surface area contributed by atoms with E-state index in [1.807, 2.05) is 0 Å². The summed E-state index contributed by atoms with van der Waals surface area (Å²) in [5, 5.41) is 6.30. The van der Waals surface area contributed by atoms with E-state index in [0.717, 1.165) is 26.1 Å². The lowest BCUT2D eigenvalue weighted by Crippen LogP contribution is -2.30. The summed E-state index contributed by atoms with van der Waals surface area (Å²) in [6.45, 7) is 3.98. The standard InChI is InChI=1S/C18H23NO/c1-13-7-8-17(16-6-4-3-5-15(13)16)18(19-2)14-9-11-20-12-10-14/h3-8,14,18-19H,9-12H2,1-2H3. The molecule has 1 N–H and O–H groups in total. The highest BCUT2D eigenvalue weighted by atomic mass is 16.5. The second kappa shape index (κ2) is 5.94. The van der Waals surface area contributed by atoms with Crippen molar-refractivity contribution in [2.24, 2.45) is 5.92 Å². The molecule has 1 unspecified atom stereocenters. The van der Waals surface area contributed by atoms with Crippen molar-refractivity contribution in [3.8, 4) is 0 Å². The Morgan fingerprint density at radius 2 is 1.75 bits per heavy atom. The van der Waals surface area contributed by atoms with E-state index in [9.17, 15) is 0 Å². The van der Waals surface area contributed by atoms with Crippen LogP contribution in [0.15, 0.2) is 36.4 Å². The molecule has 0 aliphatic carbocycles. The zero-order chi connectivity index (χ0) is 13.9. The first kappa shape index (κ1) is 13.6. The summed E-state index contributed by atoms with van der Waals surface area (Å²) in [5.41, 5.74) is 2.78. The fourth-order valence-corrected chi connectivity index (χ4v) is 3.44. The van der Waals surface area contributed by atoms with Gasteiger partial charge in [0.15, 0.2) is 0 Å². The van der Waals surface area contributed by atoms with Gasteiger partial charge in [-0.1, -0.05) is 36.4 Å². The van der Waals surface area contributed by atoms with Gasteiger partial charge in [-0.2, -0.15) is 0 Å². The maximum atomic E-state index is 5.51. The minimum absolute atomic E-state index is 0.421. The van der Waals surface area contributed by atoms with Crippen LogP contribution in [-0.2, 0) is 4.74 Å². The van der Waals surface area contributed by atoms with Gasteiger partial charge in [0.2, 0.25) is 0 Å². The summed E-state index contributed by atoms with van der Waals surface area (Å²) >= 11 is 0. The molecule has 20 heavy (non-hydrogen) atoms. The quantitative estimate of drug-likeness (QED) is 0.914. The van der Waals surface area contributed by atoms with Crippen molar-refractivity contribution in [2.75, 3.05) is 20.3 Å². The summed E-state index contributed by atoms with van der Waals surface area (Å²) in [7, 11) is 2.08. The number of rotatable bonds is 3. The van der Waals surface area contributed by atoms with Gasteiger partial charge < -0.3 is 10.1 Å². The zero-order valence-electron chi connectivity index (χ0n) is 12.4. The number of fused-ring (bicyclic) bond motifs is 1. The van der Waals surface area contributed by atoms with E-state index in [4.69, 9.17) is 4.74 Å². The first-order chi connectivity index (χ1) is 9.81. The minimum Gasteiger partial charge on any atom is -0.381 e. The summed E-state index contributed by atoms with van der Waals surface area (Å²) in [4.78, 5) is 0. The SMILES string of the molecule is CNC(c1ccc(C)c2ccccc12)C1CCOCC1. The molecule has 1 saturated heterocycles. The third-order valence-electron chi connectivity index (χ3n) is 4.56. The van der Waals surface area contributed by atoms with Gasteiger partial charge >= 0.3 is 0 Å². The van der Waals surface area contributed by atoms with Crippen LogP contribution in [0.2, 0.25) is 0 Å². The number of hydrogen-bond donors (Lipinski definition) is 1. The molecule has 0 amide bonds. The zero-order valence-corrected chi connectivity index (χ0v) is 12.4. The van der Waals surface area contributed by atoms with Gasteiger partial charge in [0.1, 0.15) is 0 Å². The van der Waals surface area contributed by atoms with Gasteiger partial charge in [-0.05, 0) is 54.6 Å². The minimum atomic E-state index is 0.421. The van der Waals surface area contributed by atoms with Crippen LogP contribution in [0.4, 0.5) is 0 Å². The molecule has 2 heteroatoms. The van der Waals surface area contributed by atoms with Gasteiger partial charge in [0.05, 0.1) is 0 Å². The first-order valence-electron chi connectivity index (χ1n) is 7.54. The van der Waals surface area contributed by atoms with E-state index in [-0.39, 0.29) is 0 Å². The number of ether oxygens (including phenoxy) is 1. The lowest BCUT2D eigenvalue weighted by Gasteiger charge is -2.31. The Hall–Kier alpha value is -1.38. The van der Waals surface area contributed by atoms with E-state index in [1.165, 1.54) is 21.9 Å². The van der Waals surface area contributed by atoms with Crippen LogP contribution in [0.5, 0.6) is 0 Å². The molecular formula is C18H23NO. The van der Waals surface area contributed by atoms with E-state index in [2.05, 4.69) is 55.7 Å². The molecule has 1 atom stereocenters. The van der Waals surface area contributed by atoms with Gasteiger partial charge in [-0.3, -0.25) is 0 Å². The molecule has 2 aromatic carbocycles. The Kier molecular flexibility index (Phi) is 4.04. The fourth-order valence-electron chi connectivity index (χ4n) is 3.44. The molecule has 1 aliphatic rings. The molecule has 2 nitrogen and oxygen atoms in total. The molecule has 0 radical (unpaired) electrons. The van der Waals surface area contributed by atoms with Gasteiger partial charge in [-0.25, -0.2) is 0 Å². The Labute approximate surface area is 121 Å². The lowest BCUT2D eigenvalue weighted by atomic mass is 9.84. The van der Waals surface area contributed by atoms with Crippen LogP contribution in [0.25, 0.3) is 10.8 Å².